The van der Waals surface area contributed by atoms with Crippen LogP contribution in [0, 0.1) is 0 Å². The first-order valence-electron chi connectivity index (χ1n) is 6.96. The highest BCUT2D eigenvalue weighted by molar-refractivity contribution is 5.66. The van der Waals surface area contributed by atoms with Gasteiger partial charge in [0, 0.05) is 6.92 Å². The highest BCUT2D eigenvalue weighted by Gasteiger charge is 2.29. The highest BCUT2D eigenvalue weighted by Crippen LogP contribution is 2.25. The first-order valence-corrected chi connectivity index (χ1v) is 6.96. The van der Waals surface area contributed by atoms with Crippen LogP contribution in [0.5, 0.6) is 0 Å². The van der Waals surface area contributed by atoms with Crippen LogP contribution in [0.1, 0.15) is 65.7 Å². The lowest BCUT2D eigenvalue weighted by Crippen LogP contribution is -2.39. The summed E-state index contributed by atoms with van der Waals surface area (Å²) in [4.78, 5) is 10.9. The van der Waals surface area contributed by atoms with E-state index in [1.807, 2.05) is 6.92 Å². The maximum atomic E-state index is 10.9. The number of esters is 1. The van der Waals surface area contributed by atoms with Crippen molar-refractivity contribution in [2.75, 3.05) is 0 Å². The lowest BCUT2D eigenvalue weighted by atomic mass is 9.98. The summed E-state index contributed by atoms with van der Waals surface area (Å²) in [6, 6.07) is 0. The minimum Gasteiger partial charge on any atom is -0.460 e. The summed E-state index contributed by atoms with van der Waals surface area (Å²) < 4.78 is 11.1. The molecule has 100 valence electrons. The normalized spacial score (nSPS) is 29.0. The van der Waals surface area contributed by atoms with Gasteiger partial charge in [-0.15, -0.1) is 0 Å². The average molecular weight is 242 g/mol. The molecular formula is C14H26O3. The Morgan fingerprint density at radius 3 is 2.65 bits per heavy atom. The van der Waals surface area contributed by atoms with Crippen LogP contribution in [0.25, 0.3) is 0 Å². The van der Waals surface area contributed by atoms with Gasteiger partial charge in [-0.2, -0.15) is 0 Å². The van der Waals surface area contributed by atoms with Crippen LogP contribution in [-0.4, -0.2) is 24.3 Å². The smallest absolute Gasteiger partial charge is 0.302 e. The molecule has 0 spiro atoms. The summed E-state index contributed by atoms with van der Waals surface area (Å²) >= 11 is 0. The fourth-order valence-corrected chi connectivity index (χ4v) is 2.42. The molecule has 1 aliphatic heterocycles. The van der Waals surface area contributed by atoms with Gasteiger partial charge in [0.25, 0.3) is 0 Å². The van der Waals surface area contributed by atoms with Crippen LogP contribution in [0.3, 0.4) is 0 Å². The predicted molar refractivity (Wildman–Crippen MR) is 67.9 cm³/mol. The molecule has 3 nitrogen and oxygen atoms in total. The van der Waals surface area contributed by atoms with E-state index >= 15 is 0 Å². The van der Waals surface area contributed by atoms with Gasteiger partial charge in [0.2, 0.25) is 0 Å². The van der Waals surface area contributed by atoms with E-state index in [-0.39, 0.29) is 18.2 Å². The lowest BCUT2D eigenvalue weighted by Gasteiger charge is -2.34. The Morgan fingerprint density at radius 2 is 2.06 bits per heavy atom. The first-order chi connectivity index (χ1) is 8.13. The molecule has 0 radical (unpaired) electrons. The summed E-state index contributed by atoms with van der Waals surface area (Å²) in [5.41, 5.74) is 0. The fraction of sp³-hybridized carbons (Fsp3) is 0.929. The Morgan fingerprint density at radius 1 is 1.29 bits per heavy atom. The Bertz CT molecular complexity index is 228. The summed E-state index contributed by atoms with van der Waals surface area (Å²) in [5, 5.41) is 0. The van der Waals surface area contributed by atoms with Crippen molar-refractivity contribution < 1.29 is 14.3 Å². The molecule has 0 saturated carbocycles. The monoisotopic (exact) mass is 242 g/mol. The number of carbonyl (C=O) groups is 1. The Hall–Kier alpha value is -0.570. The zero-order valence-corrected chi connectivity index (χ0v) is 11.4. The number of rotatable bonds is 6. The predicted octanol–water partition coefficient (Wildman–Crippen LogP) is 3.46. The third kappa shape index (κ3) is 5.53. The van der Waals surface area contributed by atoms with E-state index < -0.39 is 0 Å². The van der Waals surface area contributed by atoms with Crippen LogP contribution >= 0.6 is 0 Å². The second kappa shape index (κ2) is 7.70. The van der Waals surface area contributed by atoms with Gasteiger partial charge < -0.3 is 9.47 Å². The van der Waals surface area contributed by atoms with Crippen LogP contribution in [0.15, 0.2) is 0 Å². The lowest BCUT2D eigenvalue weighted by molar-refractivity contribution is -0.167. The van der Waals surface area contributed by atoms with Gasteiger partial charge in [0.05, 0.1) is 12.2 Å². The number of hydrogen-bond acceptors (Lipinski definition) is 3. The molecule has 0 aromatic heterocycles. The largest absolute Gasteiger partial charge is 0.460 e. The summed E-state index contributed by atoms with van der Waals surface area (Å²) in [6.07, 6.45) is 8.64. The van der Waals surface area contributed by atoms with Gasteiger partial charge in [-0.05, 0) is 26.2 Å². The summed E-state index contributed by atoms with van der Waals surface area (Å²) in [5.74, 6) is -0.202. The second-order valence-corrected chi connectivity index (χ2v) is 5.04. The Kier molecular flexibility index (Phi) is 6.56. The molecule has 1 fully saturated rings. The molecule has 1 saturated heterocycles. The molecule has 0 amide bonds. The molecule has 0 unspecified atom stereocenters. The Balaban J connectivity index is 2.19. The number of hydrogen-bond donors (Lipinski definition) is 0. The van der Waals surface area contributed by atoms with Crippen LogP contribution in [0.2, 0.25) is 0 Å². The van der Waals surface area contributed by atoms with Crippen molar-refractivity contribution in [3.05, 3.63) is 0 Å². The molecule has 0 N–H and O–H groups in total. The van der Waals surface area contributed by atoms with Crippen molar-refractivity contribution in [1.82, 2.24) is 0 Å². The molecule has 1 rings (SSSR count). The number of ether oxygens (including phenoxy) is 2. The molecule has 0 bridgehead atoms. The van der Waals surface area contributed by atoms with Gasteiger partial charge in [0.1, 0.15) is 6.10 Å². The molecule has 1 heterocycles. The molecule has 0 aromatic rings. The van der Waals surface area contributed by atoms with Gasteiger partial charge in [0.15, 0.2) is 0 Å². The quantitative estimate of drug-likeness (QED) is 0.528. The van der Waals surface area contributed by atoms with Gasteiger partial charge >= 0.3 is 5.97 Å². The maximum absolute atomic E-state index is 10.9. The maximum Gasteiger partial charge on any atom is 0.302 e. The zero-order valence-electron chi connectivity index (χ0n) is 11.4. The highest BCUT2D eigenvalue weighted by atomic mass is 16.6. The topological polar surface area (TPSA) is 35.5 Å². The molecule has 0 aliphatic carbocycles. The van der Waals surface area contributed by atoms with Gasteiger partial charge in [-0.3, -0.25) is 4.79 Å². The molecular weight excluding hydrogens is 216 g/mol. The third-order valence-corrected chi connectivity index (χ3v) is 3.40. The van der Waals surface area contributed by atoms with Crippen molar-refractivity contribution in [3.63, 3.8) is 0 Å². The van der Waals surface area contributed by atoms with Crippen molar-refractivity contribution in [1.29, 1.82) is 0 Å². The van der Waals surface area contributed by atoms with Gasteiger partial charge in [-0.25, -0.2) is 0 Å². The first kappa shape index (κ1) is 14.5. The number of unbranched alkanes of at least 4 members (excludes halogenated alkanes) is 3. The van der Waals surface area contributed by atoms with Crippen molar-refractivity contribution in [2.24, 2.45) is 0 Å². The van der Waals surface area contributed by atoms with Crippen molar-refractivity contribution in [2.45, 2.75) is 84.0 Å². The molecule has 3 atom stereocenters. The average Bonchev–Trinajstić information content (AvgIpc) is 2.27. The molecule has 17 heavy (non-hydrogen) atoms. The minimum atomic E-state index is -0.202. The van der Waals surface area contributed by atoms with Crippen LogP contribution < -0.4 is 0 Å². The summed E-state index contributed by atoms with van der Waals surface area (Å²) in [6.45, 7) is 5.69. The van der Waals surface area contributed by atoms with Crippen molar-refractivity contribution >= 4 is 5.97 Å². The van der Waals surface area contributed by atoms with Crippen molar-refractivity contribution in [3.8, 4) is 0 Å². The van der Waals surface area contributed by atoms with E-state index in [9.17, 15) is 4.79 Å². The Labute approximate surface area is 105 Å². The third-order valence-electron chi connectivity index (χ3n) is 3.40. The van der Waals surface area contributed by atoms with E-state index in [4.69, 9.17) is 9.47 Å². The van der Waals surface area contributed by atoms with E-state index in [2.05, 4.69) is 6.92 Å². The SMILES string of the molecule is CCCCCC[C@H]1CC[C@@H](OC(C)=O)[C@H](C)O1. The summed E-state index contributed by atoms with van der Waals surface area (Å²) in [7, 11) is 0. The van der Waals surface area contributed by atoms with E-state index in [0.29, 0.717) is 6.10 Å². The fourth-order valence-electron chi connectivity index (χ4n) is 2.42. The van der Waals surface area contributed by atoms with Crippen LogP contribution in [-0.2, 0) is 14.3 Å². The van der Waals surface area contributed by atoms with E-state index in [1.54, 1.807) is 0 Å². The zero-order chi connectivity index (χ0) is 12.7. The van der Waals surface area contributed by atoms with Gasteiger partial charge in [-0.1, -0.05) is 32.6 Å². The van der Waals surface area contributed by atoms with Crippen LogP contribution in [0.4, 0.5) is 0 Å². The standard InChI is InChI=1S/C14H26O3/c1-4-5-6-7-8-13-9-10-14(11(2)16-13)17-12(3)15/h11,13-14H,4-10H2,1-3H3/t11-,13-,14+/m0/s1. The number of carbonyl (C=O) groups excluding carboxylic acids is 1. The molecule has 3 heteroatoms. The second-order valence-electron chi connectivity index (χ2n) is 5.04. The molecule has 0 aromatic carbocycles. The molecule has 1 aliphatic rings. The van der Waals surface area contributed by atoms with E-state index in [1.165, 1.54) is 32.6 Å². The van der Waals surface area contributed by atoms with E-state index in [0.717, 1.165) is 19.3 Å². The minimum absolute atomic E-state index is 0.0422.